The van der Waals surface area contributed by atoms with E-state index in [1.54, 1.807) is 19.1 Å². The van der Waals surface area contributed by atoms with Crippen LogP contribution in [-0.4, -0.2) is 16.6 Å². The van der Waals surface area contributed by atoms with E-state index in [9.17, 15) is 15.3 Å². The van der Waals surface area contributed by atoms with Gasteiger partial charge in [-0.2, -0.15) is 20.6 Å². The molecule has 0 N–H and O–H groups in total. The minimum absolute atomic E-state index is 0.303. The molecule has 32 heavy (non-hydrogen) atoms. The highest BCUT2D eigenvalue weighted by molar-refractivity contribution is 9.10. The van der Waals surface area contributed by atoms with Crippen LogP contribution < -0.4 is 5.01 Å². The van der Waals surface area contributed by atoms with Crippen molar-refractivity contribution < 1.29 is 4.79 Å². The van der Waals surface area contributed by atoms with Gasteiger partial charge >= 0.3 is 0 Å². The minimum Gasteiger partial charge on any atom is -0.272 e. The molecule has 0 radical (unpaired) electrons. The lowest BCUT2D eigenvalue weighted by atomic mass is 9.76. The molecule has 2 heterocycles. The fraction of sp³-hybridized carbons (Fsp3) is 0.174. The normalized spacial score (nSPS) is 16.6. The van der Waals surface area contributed by atoms with Crippen molar-refractivity contribution in [2.45, 2.75) is 12.8 Å². The molecule has 2 atom stereocenters. The number of hydrogen-bond acceptors (Lipinski definition) is 6. The largest absolute Gasteiger partial charge is 0.272 e. The van der Waals surface area contributed by atoms with Crippen molar-refractivity contribution in [1.82, 2.24) is 4.98 Å². The maximum atomic E-state index is 13.5. The number of nitriles is 2. The summed E-state index contributed by atoms with van der Waals surface area (Å²) in [6.07, 6.45) is 0. The van der Waals surface area contributed by atoms with Crippen molar-refractivity contribution in [2.24, 2.45) is 16.9 Å². The van der Waals surface area contributed by atoms with Crippen molar-refractivity contribution in [1.29, 1.82) is 10.5 Å². The van der Waals surface area contributed by atoms with Gasteiger partial charge in [0.25, 0.3) is 5.91 Å². The zero-order valence-electron chi connectivity index (χ0n) is 16.7. The molecule has 1 aromatic heterocycles. The van der Waals surface area contributed by atoms with Gasteiger partial charge in [0, 0.05) is 32.1 Å². The van der Waals surface area contributed by atoms with Gasteiger partial charge in [-0.15, -0.1) is 11.3 Å². The third-order valence-electron chi connectivity index (χ3n) is 5.25. The van der Waals surface area contributed by atoms with Crippen LogP contribution in [0, 0.1) is 34.5 Å². The number of carbonyl (C=O) groups is 1. The second kappa shape index (κ2) is 9.22. The van der Waals surface area contributed by atoms with Crippen molar-refractivity contribution in [3.63, 3.8) is 0 Å². The van der Waals surface area contributed by atoms with Crippen LogP contribution >= 0.6 is 38.9 Å². The molecule has 3 aromatic rings. The van der Waals surface area contributed by atoms with Crippen LogP contribution in [0.15, 0.2) is 63.5 Å². The Kier molecular flexibility index (Phi) is 6.38. The molecule has 0 saturated heterocycles. The highest BCUT2D eigenvalue weighted by atomic mass is 79.9. The molecule has 158 valence electrons. The second-order valence-corrected chi connectivity index (χ2v) is 9.39. The third-order valence-corrected chi connectivity index (χ3v) is 6.84. The van der Waals surface area contributed by atoms with Crippen molar-refractivity contribution >= 4 is 55.6 Å². The second-order valence-electron chi connectivity index (χ2n) is 7.20. The SMILES string of the molecule is CC1=NN(c2nc(-c3ccc(Cl)cc3)cs2)C(=O)[C@@H]1[C@H](c1ccc(Br)cc1)C(C#N)C#N. The fourth-order valence-corrected chi connectivity index (χ4v) is 4.87. The standard InChI is InChI=1S/C23H15BrClN5OS/c1-13-20(21(16(10-26)11-27)15-2-6-17(24)7-3-15)22(31)30(29-13)23-28-19(12-32-23)14-4-8-18(25)9-5-14/h2-9,12,16,20-21H,1H3/t20-,21+/m0/s1. The molecule has 1 aliphatic heterocycles. The van der Waals surface area contributed by atoms with Crippen LogP contribution in [0.4, 0.5) is 5.13 Å². The summed E-state index contributed by atoms with van der Waals surface area (Å²) in [6, 6.07) is 18.7. The van der Waals surface area contributed by atoms with Crippen molar-refractivity contribution in [2.75, 3.05) is 5.01 Å². The summed E-state index contributed by atoms with van der Waals surface area (Å²) in [4.78, 5) is 18.0. The molecule has 0 aliphatic carbocycles. The van der Waals surface area contributed by atoms with Gasteiger partial charge in [0.1, 0.15) is 5.92 Å². The van der Waals surface area contributed by atoms with Crippen molar-refractivity contribution in [3.8, 4) is 23.4 Å². The highest BCUT2D eigenvalue weighted by Gasteiger charge is 2.45. The molecule has 0 saturated carbocycles. The van der Waals surface area contributed by atoms with Gasteiger partial charge in [-0.1, -0.05) is 51.8 Å². The van der Waals surface area contributed by atoms with E-state index in [2.05, 4.69) is 26.0 Å². The zero-order valence-corrected chi connectivity index (χ0v) is 19.9. The number of amides is 1. The lowest BCUT2D eigenvalue weighted by Crippen LogP contribution is -2.34. The Hall–Kier alpha value is -3.04. The molecular formula is C23H15BrClN5OS. The Morgan fingerprint density at radius 2 is 1.78 bits per heavy atom. The van der Waals surface area contributed by atoms with Gasteiger partial charge < -0.3 is 0 Å². The lowest BCUT2D eigenvalue weighted by molar-refractivity contribution is -0.120. The van der Waals surface area contributed by atoms with Gasteiger partial charge in [-0.25, -0.2) is 4.98 Å². The van der Waals surface area contributed by atoms with Gasteiger partial charge in [-0.3, -0.25) is 4.79 Å². The number of nitrogens with zero attached hydrogens (tertiary/aromatic N) is 5. The summed E-state index contributed by atoms with van der Waals surface area (Å²) in [5, 5.41) is 27.9. The number of hydrazone groups is 1. The minimum atomic E-state index is -1.00. The van der Waals surface area contributed by atoms with Gasteiger partial charge in [0.2, 0.25) is 5.13 Å². The average molecular weight is 525 g/mol. The molecule has 1 aliphatic rings. The van der Waals surface area contributed by atoms with Crippen LogP contribution in [0.3, 0.4) is 0 Å². The maximum absolute atomic E-state index is 13.5. The Balaban J connectivity index is 1.68. The molecular weight excluding hydrogens is 510 g/mol. The quantitative estimate of drug-likeness (QED) is 0.408. The van der Waals surface area contributed by atoms with Gasteiger partial charge in [-0.05, 0) is 36.8 Å². The lowest BCUT2D eigenvalue weighted by Gasteiger charge is -2.24. The monoisotopic (exact) mass is 523 g/mol. The van der Waals surface area contributed by atoms with E-state index in [1.807, 2.05) is 53.9 Å². The van der Waals surface area contributed by atoms with E-state index in [-0.39, 0.29) is 5.91 Å². The molecule has 2 aromatic carbocycles. The van der Waals surface area contributed by atoms with Crippen LogP contribution in [0.5, 0.6) is 0 Å². The van der Waals surface area contributed by atoms with Crippen LogP contribution in [0.2, 0.25) is 5.02 Å². The summed E-state index contributed by atoms with van der Waals surface area (Å²) in [7, 11) is 0. The third kappa shape index (κ3) is 4.18. The first-order valence-electron chi connectivity index (χ1n) is 9.58. The summed E-state index contributed by atoms with van der Waals surface area (Å²) < 4.78 is 0.868. The molecule has 4 rings (SSSR count). The van der Waals surface area contributed by atoms with E-state index in [0.29, 0.717) is 21.6 Å². The topological polar surface area (TPSA) is 93.1 Å². The van der Waals surface area contributed by atoms with Gasteiger partial charge in [0.05, 0.1) is 23.8 Å². The summed E-state index contributed by atoms with van der Waals surface area (Å²) in [5.41, 5.74) is 2.86. The number of halogens is 2. The van der Waals surface area contributed by atoms with E-state index in [4.69, 9.17) is 11.6 Å². The Morgan fingerprint density at radius 3 is 2.41 bits per heavy atom. The number of anilines is 1. The molecule has 6 nitrogen and oxygen atoms in total. The molecule has 1 amide bonds. The highest BCUT2D eigenvalue weighted by Crippen LogP contribution is 2.40. The van der Waals surface area contributed by atoms with Crippen LogP contribution in [-0.2, 0) is 4.79 Å². The molecule has 0 spiro atoms. The van der Waals surface area contributed by atoms with E-state index < -0.39 is 17.8 Å². The van der Waals surface area contributed by atoms with Crippen LogP contribution in [0.1, 0.15) is 18.4 Å². The molecule has 0 unspecified atom stereocenters. The van der Waals surface area contributed by atoms with E-state index in [1.165, 1.54) is 16.3 Å². The number of thiazole rings is 1. The van der Waals surface area contributed by atoms with E-state index >= 15 is 0 Å². The maximum Gasteiger partial charge on any atom is 0.259 e. The fourth-order valence-electron chi connectivity index (χ4n) is 3.70. The smallest absolute Gasteiger partial charge is 0.259 e. The zero-order chi connectivity index (χ0) is 22.8. The summed E-state index contributed by atoms with van der Waals surface area (Å²) in [5.74, 6) is -2.68. The van der Waals surface area contributed by atoms with Gasteiger partial charge in [0.15, 0.2) is 0 Å². The first-order valence-corrected chi connectivity index (χ1v) is 11.6. The first kappa shape index (κ1) is 22.2. The number of aromatic nitrogens is 1. The molecule has 0 fully saturated rings. The van der Waals surface area contributed by atoms with E-state index in [0.717, 1.165) is 15.6 Å². The summed E-state index contributed by atoms with van der Waals surface area (Å²) in [6.45, 7) is 1.74. The number of carbonyl (C=O) groups excluding carboxylic acids is 1. The van der Waals surface area contributed by atoms with Crippen LogP contribution in [0.25, 0.3) is 11.3 Å². The average Bonchev–Trinajstić information content (AvgIpc) is 3.38. The van der Waals surface area contributed by atoms with Crippen molar-refractivity contribution in [3.05, 3.63) is 69.0 Å². The Bertz CT molecular complexity index is 1260. The number of benzene rings is 2. The number of rotatable bonds is 5. The molecule has 0 bridgehead atoms. The predicted molar refractivity (Wildman–Crippen MR) is 128 cm³/mol. The molecule has 9 heteroatoms. The Labute approximate surface area is 202 Å². The summed E-state index contributed by atoms with van der Waals surface area (Å²) >= 11 is 10.7. The predicted octanol–water partition coefficient (Wildman–Crippen LogP) is 6.01. The Morgan fingerprint density at radius 1 is 1.12 bits per heavy atom. The number of hydrogen-bond donors (Lipinski definition) is 0. The first-order chi connectivity index (χ1) is 15.4.